The van der Waals surface area contributed by atoms with Crippen LogP contribution in [0.2, 0.25) is 0 Å². The Morgan fingerprint density at radius 3 is 2.31 bits per heavy atom. The van der Waals surface area contributed by atoms with Gasteiger partial charge in [-0.2, -0.15) is 0 Å². The van der Waals surface area contributed by atoms with Crippen molar-refractivity contribution < 1.29 is 13.2 Å². The molecule has 1 heterocycles. The first-order valence-corrected chi connectivity index (χ1v) is 9.21. The van der Waals surface area contributed by atoms with Gasteiger partial charge in [0.25, 0.3) is 0 Å². The van der Waals surface area contributed by atoms with E-state index < -0.39 is 10.0 Å². The largest absolute Gasteiger partial charge is 0.495 e. The summed E-state index contributed by atoms with van der Waals surface area (Å²) in [7, 11) is -2.14. The van der Waals surface area contributed by atoms with E-state index in [0.29, 0.717) is 22.9 Å². The Morgan fingerprint density at radius 2 is 1.69 bits per heavy atom. The van der Waals surface area contributed by atoms with Gasteiger partial charge in [0.2, 0.25) is 10.0 Å². The van der Waals surface area contributed by atoms with Gasteiger partial charge in [-0.05, 0) is 59.7 Å². The van der Waals surface area contributed by atoms with Crippen LogP contribution >= 0.6 is 0 Å². The lowest BCUT2D eigenvalue weighted by Crippen LogP contribution is -2.11. The van der Waals surface area contributed by atoms with Crippen molar-refractivity contribution in [1.82, 2.24) is 4.98 Å². The number of hydrogen-bond acceptors (Lipinski definition) is 6. The third-order valence-electron chi connectivity index (χ3n) is 3.78. The molecule has 0 atom stereocenters. The Morgan fingerprint density at radius 1 is 1.00 bits per heavy atom. The lowest BCUT2D eigenvalue weighted by atomic mass is 10.1. The molecule has 8 heteroatoms. The molecule has 0 saturated heterocycles. The molecule has 0 aliphatic rings. The van der Waals surface area contributed by atoms with Gasteiger partial charge in [0.1, 0.15) is 11.6 Å². The van der Waals surface area contributed by atoms with E-state index >= 15 is 0 Å². The lowest BCUT2D eigenvalue weighted by Gasteiger charge is -2.10. The number of pyridine rings is 1. The minimum atomic E-state index is -3.71. The van der Waals surface area contributed by atoms with E-state index in [4.69, 9.17) is 15.6 Å². The van der Waals surface area contributed by atoms with Gasteiger partial charge in [-0.1, -0.05) is 6.07 Å². The second-order valence-electron chi connectivity index (χ2n) is 5.58. The fourth-order valence-corrected chi connectivity index (χ4v) is 2.98. The van der Waals surface area contributed by atoms with Crippen LogP contribution in [0.3, 0.4) is 0 Å². The average Bonchev–Trinajstić information content (AvgIpc) is 2.61. The van der Waals surface area contributed by atoms with Gasteiger partial charge < -0.3 is 15.8 Å². The second-order valence-corrected chi connectivity index (χ2v) is 7.14. The maximum absolute atomic E-state index is 11.3. The Labute approximate surface area is 151 Å². The zero-order chi connectivity index (χ0) is 18.7. The number of nitrogens with zero attached hydrogens (tertiary/aromatic N) is 1. The lowest BCUT2D eigenvalue weighted by molar-refractivity contribution is 0.417. The van der Waals surface area contributed by atoms with Crippen LogP contribution in [0.5, 0.6) is 5.75 Å². The number of nitrogen functional groups attached to an aromatic ring is 1. The van der Waals surface area contributed by atoms with Gasteiger partial charge in [-0.15, -0.1) is 0 Å². The van der Waals surface area contributed by atoms with E-state index in [2.05, 4.69) is 10.3 Å². The second kappa shape index (κ2) is 7.03. The number of methoxy groups -OCH3 is 1. The molecule has 2 aromatic carbocycles. The van der Waals surface area contributed by atoms with Crippen molar-refractivity contribution in [3.63, 3.8) is 0 Å². The van der Waals surface area contributed by atoms with Crippen LogP contribution in [0, 0.1) is 0 Å². The number of sulfonamides is 1. The first-order chi connectivity index (χ1) is 12.4. The summed E-state index contributed by atoms with van der Waals surface area (Å²) in [6, 6.07) is 15.4. The van der Waals surface area contributed by atoms with Crippen molar-refractivity contribution >= 4 is 27.2 Å². The first kappa shape index (κ1) is 17.7. The molecule has 134 valence electrons. The number of primary sulfonamides is 1. The number of nitrogens with two attached hydrogens (primary N) is 2. The third kappa shape index (κ3) is 3.93. The summed E-state index contributed by atoms with van der Waals surface area (Å²) in [6.45, 7) is 0. The minimum absolute atomic E-state index is 0.0541. The van der Waals surface area contributed by atoms with Crippen LogP contribution in [-0.4, -0.2) is 20.5 Å². The molecule has 0 saturated carbocycles. The molecule has 7 nitrogen and oxygen atoms in total. The summed E-state index contributed by atoms with van der Waals surface area (Å²) in [6.07, 6.45) is 1.68. The highest BCUT2D eigenvalue weighted by atomic mass is 32.2. The van der Waals surface area contributed by atoms with E-state index in [1.807, 2.05) is 30.3 Å². The average molecular weight is 370 g/mol. The van der Waals surface area contributed by atoms with Crippen molar-refractivity contribution in [2.75, 3.05) is 18.2 Å². The third-order valence-corrected chi connectivity index (χ3v) is 4.71. The molecule has 0 radical (unpaired) electrons. The highest BCUT2D eigenvalue weighted by Gasteiger charge is 2.08. The zero-order valence-electron chi connectivity index (χ0n) is 14.0. The van der Waals surface area contributed by atoms with Crippen LogP contribution in [0.25, 0.3) is 11.1 Å². The molecule has 0 fully saturated rings. The molecule has 0 aliphatic heterocycles. The molecular formula is C18H18N4O3S. The number of aromatic nitrogens is 1. The van der Waals surface area contributed by atoms with Crippen LogP contribution in [0.15, 0.2) is 65.7 Å². The molecule has 1 aromatic heterocycles. The highest BCUT2D eigenvalue weighted by molar-refractivity contribution is 7.89. The van der Waals surface area contributed by atoms with Crippen molar-refractivity contribution in [2.24, 2.45) is 5.14 Å². The Balaban J connectivity index is 1.84. The number of nitrogens with one attached hydrogen (secondary N) is 1. The normalized spacial score (nSPS) is 11.2. The van der Waals surface area contributed by atoms with Crippen molar-refractivity contribution in [2.45, 2.75) is 4.90 Å². The first-order valence-electron chi connectivity index (χ1n) is 7.66. The SMILES string of the molecule is COc1ccc(-c2ccnc(Nc3ccc(S(N)(=O)=O)cc3)c2)cc1N. The molecule has 0 unspecified atom stereocenters. The van der Waals surface area contributed by atoms with Gasteiger partial charge in [0.15, 0.2) is 0 Å². The molecule has 0 aliphatic carbocycles. The molecule has 0 amide bonds. The minimum Gasteiger partial charge on any atom is -0.495 e. The maximum atomic E-state index is 11.3. The summed E-state index contributed by atoms with van der Waals surface area (Å²) in [4.78, 5) is 4.33. The van der Waals surface area contributed by atoms with E-state index in [0.717, 1.165) is 11.1 Å². The van der Waals surface area contributed by atoms with Gasteiger partial charge in [-0.3, -0.25) is 0 Å². The summed E-state index contributed by atoms with van der Waals surface area (Å²) >= 11 is 0. The summed E-state index contributed by atoms with van der Waals surface area (Å²) in [5, 5.41) is 8.22. The zero-order valence-corrected chi connectivity index (χ0v) is 14.8. The number of ether oxygens (including phenoxy) is 1. The number of rotatable bonds is 5. The summed E-state index contributed by atoms with van der Waals surface area (Å²) in [5.74, 6) is 1.23. The molecule has 3 rings (SSSR count). The monoisotopic (exact) mass is 370 g/mol. The van der Waals surface area contributed by atoms with Crippen molar-refractivity contribution in [3.8, 4) is 16.9 Å². The Bertz CT molecular complexity index is 1030. The Hall–Kier alpha value is -3.10. The van der Waals surface area contributed by atoms with Crippen LogP contribution in [-0.2, 0) is 10.0 Å². The maximum Gasteiger partial charge on any atom is 0.238 e. The van der Waals surface area contributed by atoms with Crippen LogP contribution in [0.4, 0.5) is 17.2 Å². The van der Waals surface area contributed by atoms with E-state index in [1.165, 1.54) is 12.1 Å². The van der Waals surface area contributed by atoms with Crippen LogP contribution in [0.1, 0.15) is 0 Å². The van der Waals surface area contributed by atoms with E-state index in [1.54, 1.807) is 25.4 Å². The Kier molecular flexibility index (Phi) is 4.79. The van der Waals surface area contributed by atoms with Gasteiger partial charge in [0.05, 0.1) is 17.7 Å². The number of benzene rings is 2. The molecule has 0 bridgehead atoms. The fraction of sp³-hybridized carbons (Fsp3) is 0.0556. The van der Waals surface area contributed by atoms with Gasteiger partial charge in [0, 0.05) is 11.9 Å². The molecule has 5 N–H and O–H groups in total. The summed E-state index contributed by atoms with van der Waals surface area (Å²) in [5.41, 5.74) is 9.06. The van der Waals surface area contributed by atoms with Gasteiger partial charge >= 0.3 is 0 Å². The fourth-order valence-electron chi connectivity index (χ4n) is 2.47. The van der Waals surface area contributed by atoms with Gasteiger partial charge in [-0.25, -0.2) is 18.5 Å². The summed E-state index contributed by atoms with van der Waals surface area (Å²) < 4.78 is 27.8. The van der Waals surface area contributed by atoms with Crippen molar-refractivity contribution in [1.29, 1.82) is 0 Å². The quantitative estimate of drug-likeness (QED) is 0.594. The van der Waals surface area contributed by atoms with Crippen molar-refractivity contribution in [3.05, 3.63) is 60.8 Å². The molecular weight excluding hydrogens is 352 g/mol. The molecule has 0 spiro atoms. The number of anilines is 3. The predicted molar refractivity (Wildman–Crippen MR) is 102 cm³/mol. The molecule has 26 heavy (non-hydrogen) atoms. The predicted octanol–water partition coefficient (Wildman–Crippen LogP) is 2.73. The van der Waals surface area contributed by atoms with E-state index in [9.17, 15) is 8.42 Å². The van der Waals surface area contributed by atoms with E-state index in [-0.39, 0.29) is 4.90 Å². The smallest absolute Gasteiger partial charge is 0.238 e. The molecule has 3 aromatic rings. The number of hydrogen-bond donors (Lipinski definition) is 3. The van der Waals surface area contributed by atoms with Crippen LogP contribution < -0.4 is 20.9 Å². The standard InChI is InChI=1S/C18H18N4O3S/c1-25-17-7-2-12(10-16(17)19)13-8-9-21-18(11-13)22-14-3-5-15(6-4-14)26(20,23)24/h2-11H,19H2,1H3,(H,21,22)(H2,20,23,24). The highest BCUT2D eigenvalue weighted by Crippen LogP contribution is 2.29. The topological polar surface area (TPSA) is 120 Å².